The third-order valence-corrected chi connectivity index (χ3v) is 4.15. The normalized spacial score (nSPS) is 13.3. The maximum atomic E-state index is 12.0. The van der Waals surface area contributed by atoms with Crippen molar-refractivity contribution in [1.29, 1.82) is 0 Å². The number of methoxy groups -OCH3 is 1. The standard InChI is InChI=1S/C16H23NO3S/c1-4-10-16(2,15(19)20-3)17-14(18)12-21-11-13-8-6-5-7-9-13/h5-9H,4,10-12H2,1-3H3,(H,17,18). The average Bonchev–Trinajstić information content (AvgIpc) is 2.47. The smallest absolute Gasteiger partial charge is 0.331 e. The minimum atomic E-state index is -0.937. The van der Waals surface area contributed by atoms with Gasteiger partial charge in [0.1, 0.15) is 5.54 Å². The van der Waals surface area contributed by atoms with Gasteiger partial charge in [-0.15, -0.1) is 11.8 Å². The van der Waals surface area contributed by atoms with Crippen LogP contribution in [0.5, 0.6) is 0 Å². The van der Waals surface area contributed by atoms with Gasteiger partial charge >= 0.3 is 5.97 Å². The lowest BCUT2D eigenvalue weighted by Crippen LogP contribution is -2.53. The van der Waals surface area contributed by atoms with Gasteiger partial charge in [0.05, 0.1) is 12.9 Å². The molecule has 0 aliphatic carbocycles. The number of carbonyl (C=O) groups is 2. The van der Waals surface area contributed by atoms with E-state index in [9.17, 15) is 9.59 Å². The maximum absolute atomic E-state index is 12.0. The fraction of sp³-hybridized carbons (Fsp3) is 0.500. The van der Waals surface area contributed by atoms with E-state index in [1.54, 1.807) is 6.92 Å². The predicted octanol–water partition coefficient (Wildman–Crippen LogP) is 2.77. The van der Waals surface area contributed by atoms with E-state index in [0.717, 1.165) is 12.2 Å². The molecule has 5 heteroatoms. The summed E-state index contributed by atoms with van der Waals surface area (Å²) in [6, 6.07) is 9.98. The third-order valence-electron chi connectivity index (χ3n) is 3.15. The van der Waals surface area contributed by atoms with Crippen molar-refractivity contribution in [1.82, 2.24) is 5.32 Å². The summed E-state index contributed by atoms with van der Waals surface area (Å²) in [5.74, 6) is 0.561. The molecule has 1 unspecified atom stereocenters. The molecule has 0 bridgehead atoms. The Morgan fingerprint density at radius 3 is 2.52 bits per heavy atom. The van der Waals surface area contributed by atoms with Crippen molar-refractivity contribution in [2.75, 3.05) is 12.9 Å². The number of hydrogen-bond donors (Lipinski definition) is 1. The molecule has 1 amide bonds. The highest BCUT2D eigenvalue weighted by Gasteiger charge is 2.34. The SMILES string of the molecule is CCCC(C)(NC(=O)CSCc1ccccc1)C(=O)OC. The van der Waals surface area contributed by atoms with Crippen LogP contribution in [0.1, 0.15) is 32.3 Å². The molecule has 1 rings (SSSR count). The Bertz CT molecular complexity index is 464. The second kappa shape index (κ2) is 8.72. The number of rotatable bonds is 8. The molecule has 0 radical (unpaired) electrons. The van der Waals surface area contributed by atoms with Crippen LogP contribution in [0.4, 0.5) is 0 Å². The molecular weight excluding hydrogens is 286 g/mol. The first-order chi connectivity index (χ1) is 10.0. The second-order valence-electron chi connectivity index (χ2n) is 5.10. The van der Waals surface area contributed by atoms with Gasteiger partial charge in [-0.1, -0.05) is 43.7 Å². The number of ether oxygens (including phenoxy) is 1. The van der Waals surface area contributed by atoms with Gasteiger partial charge in [0, 0.05) is 5.75 Å². The van der Waals surface area contributed by atoms with Crippen LogP contribution < -0.4 is 5.32 Å². The van der Waals surface area contributed by atoms with Crippen molar-refractivity contribution in [3.63, 3.8) is 0 Å². The molecule has 0 aliphatic heterocycles. The van der Waals surface area contributed by atoms with E-state index >= 15 is 0 Å². The highest BCUT2D eigenvalue weighted by Crippen LogP contribution is 2.16. The Kier molecular flexibility index (Phi) is 7.29. The molecule has 0 saturated carbocycles. The minimum Gasteiger partial charge on any atom is -0.467 e. The zero-order valence-corrected chi connectivity index (χ0v) is 13.7. The van der Waals surface area contributed by atoms with Gasteiger partial charge < -0.3 is 10.1 Å². The summed E-state index contributed by atoms with van der Waals surface area (Å²) < 4.78 is 4.78. The lowest BCUT2D eigenvalue weighted by Gasteiger charge is -2.27. The molecule has 21 heavy (non-hydrogen) atoms. The minimum absolute atomic E-state index is 0.141. The summed E-state index contributed by atoms with van der Waals surface area (Å²) in [6.07, 6.45) is 1.36. The van der Waals surface area contributed by atoms with Gasteiger partial charge in [-0.3, -0.25) is 4.79 Å². The average molecular weight is 309 g/mol. The number of thioether (sulfide) groups is 1. The van der Waals surface area contributed by atoms with Gasteiger partial charge in [-0.25, -0.2) is 4.79 Å². The summed E-state index contributed by atoms with van der Waals surface area (Å²) in [5, 5.41) is 2.80. The largest absolute Gasteiger partial charge is 0.467 e. The molecule has 0 spiro atoms. The Morgan fingerprint density at radius 2 is 1.95 bits per heavy atom. The first-order valence-electron chi connectivity index (χ1n) is 7.03. The van der Waals surface area contributed by atoms with Crippen LogP contribution in [0.15, 0.2) is 30.3 Å². The Hall–Kier alpha value is -1.49. The molecule has 4 nitrogen and oxygen atoms in total. The lowest BCUT2D eigenvalue weighted by atomic mass is 9.96. The number of hydrogen-bond acceptors (Lipinski definition) is 4. The summed E-state index contributed by atoms with van der Waals surface area (Å²) >= 11 is 1.53. The van der Waals surface area contributed by atoms with Crippen molar-refractivity contribution >= 4 is 23.6 Å². The lowest BCUT2D eigenvalue weighted by molar-refractivity contribution is -0.150. The summed E-state index contributed by atoms with van der Waals surface area (Å²) in [4.78, 5) is 23.8. The van der Waals surface area contributed by atoms with E-state index in [1.807, 2.05) is 37.3 Å². The van der Waals surface area contributed by atoms with Gasteiger partial charge in [0.2, 0.25) is 5.91 Å². The molecule has 1 aromatic carbocycles. The molecule has 1 N–H and O–H groups in total. The zero-order valence-electron chi connectivity index (χ0n) is 12.8. The fourth-order valence-corrected chi connectivity index (χ4v) is 2.91. The first-order valence-corrected chi connectivity index (χ1v) is 8.18. The Morgan fingerprint density at radius 1 is 1.29 bits per heavy atom. The summed E-state index contributed by atoms with van der Waals surface area (Å²) in [6.45, 7) is 3.68. The van der Waals surface area contributed by atoms with Crippen LogP contribution in [0.2, 0.25) is 0 Å². The quantitative estimate of drug-likeness (QED) is 0.750. The van der Waals surface area contributed by atoms with E-state index in [2.05, 4.69) is 5.32 Å². The maximum Gasteiger partial charge on any atom is 0.331 e. The molecular formula is C16H23NO3S. The van der Waals surface area contributed by atoms with E-state index in [1.165, 1.54) is 24.4 Å². The number of benzene rings is 1. The molecule has 0 aromatic heterocycles. The van der Waals surface area contributed by atoms with Crippen LogP contribution in [-0.4, -0.2) is 30.3 Å². The molecule has 0 fully saturated rings. The summed E-state index contributed by atoms with van der Waals surface area (Å²) in [7, 11) is 1.34. The van der Waals surface area contributed by atoms with Gasteiger partial charge in [0.25, 0.3) is 0 Å². The number of esters is 1. The number of nitrogens with one attached hydrogen (secondary N) is 1. The van der Waals surface area contributed by atoms with E-state index in [-0.39, 0.29) is 5.91 Å². The highest BCUT2D eigenvalue weighted by atomic mass is 32.2. The van der Waals surface area contributed by atoms with E-state index in [4.69, 9.17) is 4.74 Å². The zero-order chi connectivity index (χ0) is 15.7. The van der Waals surface area contributed by atoms with Crippen molar-refractivity contribution in [2.45, 2.75) is 38.0 Å². The Balaban J connectivity index is 2.45. The monoisotopic (exact) mass is 309 g/mol. The fourth-order valence-electron chi connectivity index (χ4n) is 2.12. The van der Waals surface area contributed by atoms with Crippen LogP contribution >= 0.6 is 11.8 Å². The molecule has 0 saturated heterocycles. The van der Waals surface area contributed by atoms with Crippen molar-refractivity contribution in [2.24, 2.45) is 0 Å². The topological polar surface area (TPSA) is 55.4 Å². The summed E-state index contributed by atoms with van der Waals surface area (Å²) in [5.41, 5.74) is 0.244. The molecule has 0 heterocycles. The highest BCUT2D eigenvalue weighted by molar-refractivity contribution is 7.99. The predicted molar refractivity (Wildman–Crippen MR) is 86.1 cm³/mol. The van der Waals surface area contributed by atoms with E-state index in [0.29, 0.717) is 12.2 Å². The van der Waals surface area contributed by atoms with Gasteiger partial charge in [-0.05, 0) is 18.9 Å². The van der Waals surface area contributed by atoms with Crippen LogP contribution in [-0.2, 0) is 20.1 Å². The number of amides is 1. The van der Waals surface area contributed by atoms with Crippen molar-refractivity contribution in [3.05, 3.63) is 35.9 Å². The number of carbonyl (C=O) groups excluding carboxylic acids is 2. The van der Waals surface area contributed by atoms with E-state index < -0.39 is 11.5 Å². The van der Waals surface area contributed by atoms with Crippen molar-refractivity contribution in [3.8, 4) is 0 Å². The molecule has 1 aromatic rings. The second-order valence-corrected chi connectivity index (χ2v) is 6.09. The molecule has 116 valence electrons. The molecule has 0 aliphatic rings. The third kappa shape index (κ3) is 5.79. The van der Waals surface area contributed by atoms with Gasteiger partial charge in [-0.2, -0.15) is 0 Å². The molecule has 1 atom stereocenters. The van der Waals surface area contributed by atoms with Gasteiger partial charge in [0.15, 0.2) is 0 Å². The van der Waals surface area contributed by atoms with Crippen molar-refractivity contribution < 1.29 is 14.3 Å². The van der Waals surface area contributed by atoms with Crippen LogP contribution in [0.25, 0.3) is 0 Å². The van der Waals surface area contributed by atoms with Crippen LogP contribution in [0.3, 0.4) is 0 Å². The van der Waals surface area contributed by atoms with Crippen LogP contribution in [0, 0.1) is 0 Å². The first kappa shape index (κ1) is 17.6. The Labute approximate surface area is 130 Å².